The van der Waals surface area contributed by atoms with Gasteiger partial charge in [0.05, 0.1) is 5.67 Å². The maximum atomic E-state index is 11.2. The fourth-order valence-electron chi connectivity index (χ4n) is 1.21. The van der Waals surface area contributed by atoms with E-state index in [9.17, 15) is 9.59 Å². The highest BCUT2D eigenvalue weighted by Crippen LogP contribution is 2.14. The fourth-order valence-corrected chi connectivity index (χ4v) is 3.28. The quantitative estimate of drug-likeness (QED) is 0.677. The van der Waals surface area contributed by atoms with Gasteiger partial charge in [-0.1, -0.05) is 0 Å². The molecule has 90 valence electrons. The van der Waals surface area contributed by atoms with Crippen molar-refractivity contribution in [1.29, 1.82) is 0 Å². The summed E-state index contributed by atoms with van der Waals surface area (Å²) in [4.78, 5) is 22.8. The number of carbonyl (C=O) groups is 1. The predicted octanol–water partition coefficient (Wildman–Crippen LogP) is 0.397. The summed E-state index contributed by atoms with van der Waals surface area (Å²) in [6.45, 7) is 7.51. The van der Waals surface area contributed by atoms with Crippen LogP contribution < -0.4 is 0 Å². The van der Waals surface area contributed by atoms with Crippen molar-refractivity contribution < 1.29 is 18.4 Å². The summed E-state index contributed by atoms with van der Waals surface area (Å²) in [5.41, 5.74) is -0.421. The van der Waals surface area contributed by atoms with Crippen molar-refractivity contribution in [3.05, 3.63) is 0 Å². The molecule has 0 aromatic carbocycles. The van der Waals surface area contributed by atoms with Crippen LogP contribution in [0, 0.1) is 0 Å². The lowest BCUT2D eigenvalue weighted by molar-refractivity contribution is -0.129. The summed E-state index contributed by atoms with van der Waals surface area (Å²) in [6.07, 6.45) is 0. The minimum absolute atomic E-state index is 0.118. The first-order valence-electron chi connectivity index (χ1n) is 5.12. The largest absolute Gasteiger partial charge is 0.521 e. The van der Waals surface area contributed by atoms with Crippen molar-refractivity contribution in [1.82, 2.24) is 4.90 Å². The Bertz CT molecular complexity index is 206. The van der Waals surface area contributed by atoms with Gasteiger partial charge < -0.3 is 18.5 Å². The molecule has 0 rings (SSSR count). The van der Waals surface area contributed by atoms with Gasteiger partial charge in [0.2, 0.25) is 5.91 Å². The molecule has 15 heavy (non-hydrogen) atoms. The van der Waals surface area contributed by atoms with Crippen LogP contribution in [0.25, 0.3) is 0 Å². The van der Waals surface area contributed by atoms with E-state index in [1.165, 1.54) is 11.8 Å². The van der Waals surface area contributed by atoms with Crippen LogP contribution in [0.15, 0.2) is 0 Å². The summed E-state index contributed by atoms with van der Waals surface area (Å²) in [6, 6.07) is 0. The highest BCUT2D eigenvalue weighted by atomic mass is 28.4. The van der Waals surface area contributed by atoms with E-state index in [1.807, 2.05) is 0 Å². The summed E-state index contributed by atoms with van der Waals surface area (Å²) >= 11 is 0. The van der Waals surface area contributed by atoms with Crippen LogP contribution in [0.1, 0.15) is 27.7 Å². The molecule has 0 saturated heterocycles. The second-order valence-corrected chi connectivity index (χ2v) is 5.98. The van der Waals surface area contributed by atoms with Gasteiger partial charge in [0, 0.05) is 27.2 Å². The zero-order chi connectivity index (χ0) is 12.1. The van der Waals surface area contributed by atoms with Crippen LogP contribution in [-0.2, 0) is 13.6 Å². The smallest absolute Gasteiger partial charge is 0.389 e. The molecule has 0 spiro atoms. The van der Waals surface area contributed by atoms with Gasteiger partial charge in [-0.2, -0.15) is 0 Å². The SMILES string of the molecule is CCO[Si](O)(OCC)C(C)N(C)C(C)=O. The van der Waals surface area contributed by atoms with E-state index in [4.69, 9.17) is 8.85 Å². The average Bonchev–Trinajstić information content (AvgIpc) is 2.16. The van der Waals surface area contributed by atoms with Crippen LogP contribution in [0.5, 0.6) is 0 Å². The summed E-state index contributed by atoms with van der Waals surface area (Å²) < 4.78 is 10.6. The van der Waals surface area contributed by atoms with Crippen LogP contribution in [0.3, 0.4) is 0 Å². The highest BCUT2D eigenvalue weighted by Gasteiger charge is 2.46. The lowest BCUT2D eigenvalue weighted by atomic mass is 10.5. The highest BCUT2D eigenvalue weighted by molar-refractivity contribution is 6.61. The van der Waals surface area contributed by atoms with Gasteiger partial charge in [-0.05, 0) is 20.8 Å². The predicted molar refractivity (Wildman–Crippen MR) is 59.1 cm³/mol. The molecule has 0 aromatic rings. The summed E-state index contributed by atoms with van der Waals surface area (Å²) in [7, 11) is -1.65. The normalized spacial score (nSPS) is 13.7. The fraction of sp³-hybridized carbons (Fsp3) is 0.889. The van der Waals surface area contributed by atoms with Gasteiger partial charge in [-0.25, -0.2) is 0 Å². The standard InChI is InChI=1S/C9H21NO4Si/c1-6-13-15(12,14-7-2)9(4)10(5)8(3)11/h9,12H,6-7H2,1-5H3. The number of carbonyl (C=O) groups excluding carboxylic acids is 1. The Labute approximate surface area is 92.4 Å². The lowest BCUT2D eigenvalue weighted by Gasteiger charge is -2.34. The Kier molecular flexibility index (Phi) is 6.04. The topological polar surface area (TPSA) is 59.0 Å². The van der Waals surface area contributed by atoms with E-state index >= 15 is 0 Å². The van der Waals surface area contributed by atoms with E-state index in [2.05, 4.69) is 0 Å². The van der Waals surface area contributed by atoms with Crippen molar-refractivity contribution in [2.45, 2.75) is 33.4 Å². The second-order valence-electron chi connectivity index (χ2n) is 3.30. The van der Waals surface area contributed by atoms with Crippen molar-refractivity contribution in [3.8, 4) is 0 Å². The second kappa shape index (κ2) is 6.22. The van der Waals surface area contributed by atoms with E-state index in [0.29, 0.717) is 13.2 Å². The van der Waals surface area contributed by atoms with Crippen molar-refractivity contribution >= 4 is 14.7 Å². The molecule has 0 heterocycles. The third kappa shape index (κ3) is 3.90. The molecule has 0 fully saturated rings. The number of nitrogens with zero attached hydrogens (tertiary/aromatic N) is 1. The molecule has 1 N–H and O–H groups in total. The number of amides is 1. The zero-order valence-corrected chi connectivity index (χ0v) is 11.1. The minimum atomic E-state index is -3.27. The number of hydrogen-bond donors (Lipinski definition) is 1. The van der Waals surface area contributed by atoms with Crippen LogP contribution in [-0.4, -0.2) is 50.3 Å². The molecular weight excluding hydrogens is 214 g/mol. The number of rotatable bonds is 6. The Morgan fingerprint density at radius 2 is 1.80 bits per heavy atom. The van der Waals surface area contributed by atoms with Crippen molar-refractivity contribution in [2.75, 3.05) is 20.3 Å². The van der Waals surface area contributed by atoms with Gasteiger partial charge in [0.1, 0.15) is 0 Å². The lowest BCUT2D eigenvalue weighted by Crippen LogP contribution is -2.60. The third-order valence-corrected chi connectivity index (χ3v) is 5.16. The average molecular weight is 235 g/mol. The maximum Gasteiger partial charge on any atom is 0.521 e. The molecule has 1 unspecified atom stereocenters. The Morgan fingerprint density at radius 3 is 2.07 bits per heavy atom. The zero-order valence-electron chi connectivity index (χ0n) is 10.1. The molecule has 0 aliphatic heterocycles. The van der Waals surface area contributed by atoms with Crippen LogP contribution in [0.4, 0.5) is 0 Å². The molecule has 1 atom stereocenters. The Hall–Kier alpha value is -0.433. The molecule has 0 aliphatic rings. The number of hydrogen-bond acceptors (Lipinski definition) is 4. The van der Waals surface area contributed by atoms with E-state index in [0.717, 1.165) is 0 Å². The third-order valence-electron chi connectivity index (χ3n) is 2.31. The molecular formula is C9H21NO4Si. The van der Waals surface area contributed by atoms with Gasteiger partial charge in [-0.3, -0.25) is 4.79 Å². The van der Waals surface area contributed by atoms with Crippen LogP contribution in [0.2, 0.25) is 0 Å². The molecule has 6 heteroatoms. The van der Waals surface area contributed by atoms with Crippen molar-refractivity contribution in [2.24, 2.45) is 0 Å². The molecule has 0 saturated carbocycles. The first-order valence-corrected chi connectivity index (χ1v) is 6.96. The molecule has 5 nitrogen and oxygen atoms in total. The van der Waals surface area contributed by atoms with Gasteiger partial charge in [-0.15, -0.1) is 0 Å². The molecule has 0 bridgehead atoms. The monoisotopic (exact) mass is 235 g/mol. The van der Waals surface area contributed by atoms with Gasteiger partial charge in [0.15, 0.2) is 0 Å². The maximum absolute atomic E-state index is 11.2. The first kappa shape index (κ1) is 14.6. The summed E-state index contributed by atoms with van der Waals surface area (Å²) in [5, 5.41) is 0. The van der Waals surface area contributed by atoms with E-state index in [1.54, 1.807) is 27.8 Å². The molecule has 0 aliphatic carbocycles. The van der Waals surface area contributed by atoms with E-state index < -0.39 is 14.5 Å². The minimum Gasteiger partial charge on any atom is -0.389 e. The van der Waals surface area contributed by atoms with Crippen molar-refractivity contribution in [3.63, 3.8) is 0 Å². The van der Waals surface area contributed by atoms with E-state index in [-0.39, 0.29) is 5.91 Å². The molecule has 1 amide bonds. The first-order chi connectivity index (χ1) is 6.89. The van der Waals surface area contributed by atoms with Crippen LogP contribution >= 0.6 is 0 Å². The van der Waals surface area contributed by atoms with Gasteiger partial charge >= 0.3 is 8.80 Å². The Morgan fingerprint density at radius 1 is 1.40 bits per heavy atom. The molecule has 0 aromatic heterocycles. The molecule has 0 radical (unpaired) electrons. The van der Waals surface area contributed by atoms with Gasteiger partial charge in [0.25, 0.3) is 0 Å². The summed E-state index contributed by atoms with van der Waals surface area (Å²) in [5.74, 6) is -0.118. The Balaban J connectivity index is 4.66.